The molecule has 1 aliphatic heterocycles. The van der Waals surface area contributed by atoms with E-state index in [2.05, 4.69) is 5.16 Å². The van der Waals surface area contributed by atoms with Crippen molar-refractivity contribution in [1.29, 1.82) is 0 Å². The quantitative estimate of drug-likeness (QED) is 0.304. The summed E-state index contributed by atoms with van der Waals surface area (Å²) in [5.41, 5.74) is 4.99. The van der Waals surface area contributed by atoms with E-state index >= 15 is 0 Å². The number of likely N-dealkylation sites (tertiary alicyclic amines) is 1. The molecule has 1 rings (SSSR count). The Morgan fingerprint density at radius 3 is 2.69 bits per heavy atom. The van der Waals surface area contributed by atoms with Gasteiger partial charge in [0, 0.05) is 19.0 Å². The van der Waals surface area contributed by atoms with Crippen LogP contribution in [-0.4, -0.2) is 40.7 Å². The number of rotatable bonds is 1. The molecule has 0 saturated carbocycles. The van der Waals surface area contributed by atoms with Crippen LogP contribution in [0.4, 0.5) is 4.79 Å². The Labute approximate surface area is 95.0 Å². The number of hydrogen-bond acceptors (Lipinski definition) is 4. The van der Waals surface area contributed by atoms with Gasteiger partial charge in [0.15, 0.2) is 0 Å². The number of hydrogen-bond donors (Lipinski definition) is 2. The summed E-state index contributed by atoms with van der Waals surface area (Å²) in [6.45, 7) is 6.49. The third-order valence-electron chi connectivity index (χ3n) is 2.37. The molecule has 0 aliphatic carbocycles. The summed E-state index contributed by atoms with van der Waals surface area (Å²) in [6.07, 6.45) is 0.357. The van der Waals surface area contributed by atoms with Crippen molar-refractivity contribution in [2.24, 2.45) is 16.8 Å². The van der Waals surface area contributed by atoms with E-state index in [4.69, 9.17) is 15.7 Å². The highest BCUT2D eigenvalue weighted by atomic mass is 16.6. The zero-order chi connectivity index (χ0) is 12.3. The number of carbonyl (C=O) groups excluding carboxylic acids is 1. The van der Waals surface area contributed by atoms with Crippen LogP contribution < -0.4 is 5.73 Å². The fraction of sp³-hybridized carbons (Fsp3) is 0.800. The summed E-state index contributed by atoms with van der Waals surface area (Å²) >= 11 is 0. The number of nitrogens with two attached hydrogens (primary N) is 1. The van der Waals surface area contributed by atoms with Gasteiger partial charge in [-0.15, -0.1) is 0 Å². The van der Waals surface area contributed by atoms with Crippen molar-refractivity contribution in [2.75, 3.05) is 13.1 Å². The highest BCUT2D eigenvalue weighted by molar-refractivity contribution is 5.83. The first-order valence-corrected chi connectivity index (χ1v) is 5.29. The molecule has 0 spiro atoms. The molecule has 0 aromatic rings. The molecule has 0 aromatic carbocycles. The lowest BCUT2D eigenvalue weighted by Crippen LogP contribution is -2.36. The van der Waals surface area contributed by atoms with Crippen molar-refractivity contribution in [3.63, 3.8) is 0 Å². The fourth-order valence-corrected chi connectivity index (χ4v) is 1.58. The fourth-order valence-electron chi connectivity index (χ4n) is 1.58. The van der Waals surface area contributed by atoms with Crippen LogP contribution in [0.1, 0.15) is 27.2 Å². The third kappa shape index (κ3) is 3.29. The van der Waals surface area contributed by atoms with E-state index in [1.807, 2.05) is 20.8 Å². The van der Waals surface area contributed by atoms with Crippen LogP contribution in [0, 0.1) is 5.92 Å². The second-order valence-electron chi connectivity index (χ2n) is 4.94. The average molecular weight is 229 g/mol. The molecular formula is C10H19N3O3. The van der Waals surface area contributed by atoms with Gasteiger partial charge in [0.25, 0.3) is 0 Å². The lowest BCUT2D eigenvalue weighted by molar-refractivity contribution is 0.0292. The molecule has 1 heterocycles. The zero-order valence-electron chi connectivity index (χ0n) is 9.93. The smallest absolute Gasteiger partial charge is 0.410 e. The van der Waals surface area contributed by atoms with Gasteiger partial charge >= 0.3 is 6.09 Å². The Hall–Kier alpha value is -1.46. The number of oxime groups is 1. The van der Waals surface area contributed by atoms with Crippen LogP contribution in [0.2, 0.25) is 0 Å². The average Bonchev–Trinajstić information content (AvgIpc) is 2.62. The monoisotopic (exact) mass is 229 g/mol. The van der Waals surface area contributed by atoms with E-state index < -0.39 is 5.60 Å². The van der Waals surface area contributed by atoms with Gasteiger partial charge in [-0.3, -0.25) is 0 Å². The summed E-state index contributed by atoms with van der Waals surface area (Å²) in [7, 11) is 0. The first-order chi connectivity index (χ1) is 7.33. The zero-order valence-corrected chi connectivity index (χ0v) is 9.93. The standard InChI is InChI=1S/C10H19N3O3/c1-10(2,3)16-9(14)13-5-4-7(6-13)8(11)12-15/h7,15H,4-6H2,1-3H3,(H2,11,12). The van der Waals surface area contributed by atoms with Gasteiger partial charge in [-0.2, -0.15) is 0 Å². The Morgan fingerprint density at radius 2 is 2.19 bits per heavy atom. The molecule has 6 nitrogen and oxygen atoms in total. The van der Waals surface area contributed by atoms with Gasteiger partial charge in [0.05, 0.1) is 0 Å². The predicted octanol–water partition coefficient (Wildman–Crippen LogP) is 0.990. The summed E-state index contributed by atoms with van der Waals surface area (Å²) in [4.78, 5) is 13.3. The normalized spacial score (nSPS) is 22.3. The lowest BCUT2D eigenvalue weighted by atomic mass is 10.1. The van der Waals surface area contributed by atoms with Gasteiger partial charge in [-0.25, -0.2) is 4.79 Å². The minimum absolute atomic E-state index is 0.0717. The van der Waals surface area contributed by atoms with E-state index in [1.165, 1.54) is 0 Å². The minimum Gasteiger partial charge on any atom is -0.444 e. The molecule has 16 heavy (non-hydrogen) atoms. The van der Waals surface area contributed by atoms with Crippen molar-refractivity contribution in [3.05, 3.63) is 0 Å². The second kappa shape index (κ2) is 4.59. The summed E-state index contributed by atoms with van der Waals surface area (Å²) < 4.78 is 5.23. The van der Waals surface area contributed by atoms with E-state index in [1.54, 1.807) is 4.90 Å². The first kappa shape index (κ1) is 12.6. The number of nitrogens with zero attached hydrogens (tertiary/aromatic N) is 2. The van der Waals surface area contributed by atoms with Gasteiger partial charge in [0.2, 0.25) is 0 Å². The summed E-state index contributed by atoms with van der Waals surface area (Å²) in [6, 6.07) is 0. The van der Waals surface area contributed by atoms with Crippen molar-refractivity contribution >= 4 is 11.9 Å². The molecule has 1 fully saturated rings. The van der Waals surface area contributed by atoms with Crippen molar-refractivity contribution in [3.8, 4) is 0 Å². The second-order valence-corrected chi connectivity index (χ2v) is 4.94. The van der Waals surface area contributed by atoms with Crippen LogP contribution in [0.5, 0.6) is 0 Å². The van der Waals surface area contributed by atoms with Gasteiger partial charge in [-0.05, 0) is 27.2 Å². The van der Waals surface area contributed by atoms with Crippen molar-refractivity contribution in [2.45, 2.75) is 32.8 Å². The highest BCUT2D eigenvalue weighted by Crippen LogP contribution is 2.19. The van der Waals surface area contributed by atoms with Crippen LogP contribution in [0.15, 0.2) is 5.16 Å². The summed E-state index contributed by atoms with van der Waals surface area (Å²) in [5, 5.41) is 11.5. The molecule has 1 atom stereocenters. The van der Waals surface area contributed by atoms with Crippen LogP contribution in [-0.2, 0) is 4.74 Å². The maximum absolute atomic E-state index is 11.7. The molecule has 1 unspecified atom stereocenters. The van der Waals surface area contributed by atoms with Crippen LogP contribution >= 0.6 is 0 Å². The topological polar surface area (TPSA) is 88.2 Å². The van der Waals surface area contributed by atoms with Gasteiger partial charge < -0.3 is 20.6 Å². The van der Waals surface area contributed by atoms with Crippen molar-refractivity contribution < 1.29 is 14.7 Å². The third-order valence-corrected chi connectivity index (χ3v) is 2.37. The van der Waals surface area contributed by atoms with Crippen molar-refractivity contribution in [1.82, 2.24) is 4.90 Å². The van der Waals surface area contributed by atoms with E-state index in [0.29, 0.717) is 19.5 Å². The highest BCUT2D eigenvalue weighted by Gasteiger charge is 2.31. The molecular weight excluding hydrogens is 210 g/mol. The Morgan fingerprint density at radius 1 is 1.56 bits per heavy atom. The number of amidine groups is 1. The molecule has 6 heteroatoms. The Balaban J connectivity index is 2.50. The molecule has 0 aromatic heterocycles. The maximum Gasteiger partial charge on any atom is 0.410 e. The molecule has 3 N–H and O–H groups in total. The van der Waals surface area contributed by atoms with E-state index in [0.717, 1.165) is 0 Å². The Bertz CT molecular complexity index is 296. The SMILES string of the molecule is CC(C)(C)OC(=O)N1CCC(/C(N)=N\O)C1. The van der Waals surface area contributed by atoms with E-state index in [9.17, 15) is 4.79 Å². The summed E-state index contributed by atoms with van der Waals surface area (Å²) in [5.74, 6) is 0.101. The predicted molar refractivity (Wildman–Crippen MR) is 59.3 cm³/mol. The van der Waals surface area contributed by atoms with E-state index in [-0.39, 0.29) is 17.8 Å². The Kier molecular flexibility index (Phi) is 3.62. The molecule has 0 bridgehead atoms. The number of ether oxygens (including phenoxy) is 1. The molecule has 1 aliphatic rings. The number of amides is 1. The largest absolute Gasteiger partial charge is 0.444 e. The first-order valence-electron chi connectivity index (χ1n) is 5.29. The minimum atomic E-state index is -0.494. The van der Waals surface area contributed by atoms with Gasteiger partial charge in [0.1, 0.15) is 11.4 Å². The molecule has 1 saturated heterocycles. The maximum atomic E-state index is 11.7. The van der Waals surface area contributed by atoms with Crippen LogP contribution in [0.3, 0.4) is 0 Å². The number of carbonyl (C=O) groups is 1. The van der Waals surface area contributed by atoms with Gasteiger partial charge in [-0.1, -0.05) is 5.16 Å². The molecule has 0 radical (unpaired) electrons. The molecule has 1 amide bonds. The van der Waals surface area contributed by atoms with Crippen LogP contribution in [0.25, 0.3) is 0 Å². The molecule has 92 valence electrons. The lowest BCUT2D eigenvalue weighted by Gasteiger charge is -2.24.